The number of aromatic nitrogens is 1. The molecule has 0 N–H and O–H groups in total. The van der Waals surface area contributed by atoms with E-state index in [0.29, 0.717) is 5.56 Å². The molecule has 2 nitrogen and oxygen atoms in total. The van der Waals surface area contributed by atoms with E-state index in [-0.39, 0.29) is 35.4 Å². The number of nitrogens with zero attached hydrogens (tertiary/aromatic N) is 2. The van der Waals surface area contributed by atoms with Crippen LogP contribution in [0.3, 0.4) is 0 Å². The summed E-state index contributed by atoms with van der Waals surface area (Å²) in [5.74, 6) is 0. The molecule has 0 bridgehead atoms. The molecular formula is C52H36N2. The molecule has 0 amide bonds. The maximum absolute atomic E-state index is 9.56. The van der Waals surface area contributed by atoms with E-state index < -0.39 is 0 Å². The molecule has 0 saturated carbocycles. The maximum atomic E-state index is 9.56. The lowest BCUT2D eigenvalue weighted by Gasteiger charge is -2.26. The van der Waals surface area contributed by atoms with Crippen molar-refractivity contribution in [1.82, 2.24) is 4.57 Å². The number of rotatable bonds is 7. The van der Waals surface area contributed by atoms with E-state index in [1.165, 1.54) is 0 Å². The smallest absolute Gasteiger partial charge is 0.0645 e. The van der Waals surface area contributed by atoms with Crippen molar-refractivity contribution < 1.29 is 5.48 Å². The molecule has 0 saturated heterocycles. The first-order chi connectivity index (χ1) is 28.5. The van der Waals surface area contributed by atoms with Gasteiger partial charge in [-0.2, -0.15) is 0 Å². The summed E-state index contributed by atoms with van der Waals surface area (Å²) in [6, 6.07) is 64.9. The quantitative estimate of drug-likeness (QED) is 0.161. The van der Waals surface area contributed by atoms with Crippen molar-refractivity contribution in [2.24, 2.45) is 0 Å². The lowest BCUT2D eigenvalue weighted by molar-refractivity contribution is 1.20. The molecule has 1 heterocycles. The Labute approximate surface area is 321 Å². The number of benzene rings is 9. The van der Waals surface area contributed by atoms with E-state index in [9.17, 15) is 5.48 Å². The largest absolute Gasteiger partial charge is 0.311 e. The molecule has 10 aromatic rings. The molecule has 10 rings (SSSR count). The summed E-state index contributed by atoms with van der Waals surface area (Å²) < 4.78 is 40.4. The summed E-state index contributed by atoms with van der Waals surface area (Å²) in [6.45, 7) is 0. The molecule has 0 aliphatic heterocycles. The summed E-state index contributed by atoms with van der Waals surface area (Å²) in [5, 5.41) is 4.31. The Balaban J connectivity index is 1.13. The van der Waals surface area contributed by atoms with Crippen molar-refractivity contribution in [3.05, 3.63) is 218 Å². The Kier molecular flexibility index (Phi) is 6.84. The zero-order valence-electron chi connectivity index (χ0n) is 33.4. The first-order valence-electron chi connectivity index (χ1n) is 20.2. The molecule has 9 aromatic carbocycles. The second-order valence-electron chi connectivity index (χ2n) is 13.5. The molecule has 0 aliphatic rings. The van der Waals surface area contributed by atoms with Gasteiger partial charge in [0.2, 0.25) is 0 Å². The summed E-state index contributed by atoms with van der Waals surface area (Å²) in [5.41, 5.74) is 9.89. The third-order valence-electron chi connectivity index (χ3n) is 10.3. The van der Waals surface area contributed by atoms with Crippen molar-refractivity contribution in [2.75, 3.05) is 4.90 Å². The predicted octanol–water partition coefficient (Wildman–Crippen LogP) is 14.4. The predicted molar refractivity (Wildman–Crippen MR) is 229 cm³/mol. The van der Waals surface area contributed by atoms with Crippen molar-refractivity contribution in [3.63, 3.8) is 0 Å². The van der Waals surface area contributed by atoms with Crippen LogP contribution in [0, 0.1) is 0 Å². The Morgan fingerprint density at radius 2 is 0.833 bits per heavy atom. The summed E-state index contributed by atoms with van der Waals surface area (Å²) in [6.07, 6.45) is 0. The molecule has 254 valence electrons. The van der Waals surface area contributed by atoms with Gasteiger partial charge >= 0.3 is 0 Å². The van der Waals surface area contributed by atoms with Crippen LogP contribution in [0.4, 0.5) is 17.1 Å². The lowest BCUT2D eigenvalue weighted by atomic mass is 10.0. The maximum Gasteiger partial charge on any atom is 0.0645 e. The molecular weight excluding hydrogens is 653 g/mol. The number of hydrogen-bond acceptors (Lipinski definition) is 1. The average molecular weight is 693 g/mol. The molecule has 0 atom stereocenters. The number of anilines is 3. The van der Waals surface area contributed by atoms with Crippen LogP contribution in [0.25, 0.3) is 71.6 Å². The molecule has 1 aromatic heterocycles. The van der Waals surface area contributed by atoms with Gasteiger partial charge in [-0.25, -0.2) is 0 Å². The molecule has 0 spiro atoms. The molecule has 0 radical (unpaired) electrons. The highest BCUT2D eigenvalue weighted by atomic mass is 15.1. The van der Waals surface area contributed by atoms with Crippen LogP contribution >= 0.6 is 0 Å². The van der Waals surface area contributed by atoms with Crippen LogP contribution < -0.4 is 4.90 Å². The van der Waals surface area contributed by atoms with Crippen LogP contribution in [0.5, 0.6) is 0 Å². The first-order valence-corrected chi connectivity index (χ1v) is 18.2. The zero-order chi connectivity index (χ0) is 39.3. The summed E-state index contributed by atoms with van der Waals surface area (Å²) >= 11 is 0. The van der Waals surface area contributed by atoms with Crippen LogP contribution in [-0.2, 0) is 0 Å². The fraction of sp³-hybridized carbons (Fsp3) is 0. The third kappa shape index (κ3) is 5.62. The van der Waals surface area contributed by atoms with Gasteiger partial charge in [0.05, 0.1) is 22.2 Å². The van der Waals surface area contributed by atoms with Gasteiger partial charge in [0.25, 0.3) is 0 Å². The Morgan fingerprint density at radius 1 is 0.333 bits per heavy atom. The molecule has 0 fully saturated rings. The molecule has 2 heteroatoms. The molecule has 0 aliphatic carbocycles. The van der Waals surface area contributed by atoms with Gasteiger partial charge in [0, 0.05) is 33.2 Å². The lowest BCUT2D eigenvalue weighted by Crippen LogP contribution is -2.09. The third-order valence-corrected chi connectivity index (χ3v) is 10.3. The van der Waals surface area contributed by atoms with E-state index in [2.05, 4.69) is 83.4 Å². The van der Waals surface area contributed by atoms with Crippen molar-refractivity contribution in [1.29, 1.82) is 0 Å². The normalized spacial score (nSPS) is 12.4. The van der Waals surface area contributed by atoms with Crippen molar-refractivity contribution in [3.8, 4) is 39.1 Å². The second kappa shape index (κ2) is 13.4. The van der Waals surface area contributed by atoms with Gasteiger partial charge < -0.3 is 9.47 Å². The van der Waals surface area contributed by atoms with Gasteiger partial charge in [0.15, 0.2) is 0 Å². The first kappa shape index (κ1) is 27.5. The summed E-state index contributed by atoms with van der Waals surface area (Å²) in [7, 11) is 0. The average Bonchev–Trinajstić information content (AvgIpc) is 3.61. The SMILES string of the molecule is [2H]c1c([2H])c(N(c2ccc(-c3ccccc3)cc2)c2ccc(-c3ccccc3)cc2)c([2H])c([2H])c1-c1ccc2c(c1)c1ccccc1n2-c1cccc2ccccc12. The van der Waals surface area contributed by atoms with Gasteiger partial charge in [0.1, 0.15) is 0 Å². The number of fused-ring (bicyclic) bond motifs is 4. The minimum Gasteiger partial charge on any atom is -0.311 e. The van der Waals surface area contributed by atoms with E-state index in [4.69, 9.17) is 0 Å². The van der Waals surface area contributed by atoms with Crippen LogP contribution in [-0.4, -0.2) is 4.57 Å². The fourth-order valence-electron chi connectivity index (χ4n) is 7.63. The van der Waals surface area contributed by atoms with E-state index in [1.54, 1.807) is 0 Å². The van der Waals surface area contributed by atoms with E-state index in [0.717, 1.165) is 71.9 Å². The monoisotopic (exact) mass is 692 g/mol. The van der Waals surface area contributed by atoms with E-state index in [1.807, 2.05) is 120 Å². The highest BCUT2D eigenvalue weighted by Gasteiger charge is 2.17. The Hall–Kier alpha value is -7.16. The summed E-state index contributed by atoms with van der Waals surface area (Å²) in [4.78, 5) is 1.84. The molecule has 54 heavy (non-hydrogen) atoms. The van der Waals surface area contributed by atoms with Gasteiger partial charge in [-0.1, -0.05) is 158 Å². The zero-order valence-corrected chi connectivity index (χ0v) is 29.4. The van der Waals surface area contributed by atoms with Crippen LogP contribution in [0.1, 0.15) is 5.48 Å². The van der Waals surface area contributed by atoms with Crippen LogP contribution in [0.15, 0.2) is 218 Å². The highest BCUT2D eigenvalue weighted by molar-refractivity contribution is 6.11. The second-order valence-corrected chi connectivity index (χ2v) is 13.5. The van der Waals surface area contributed by atoms with Crippen molar-refractivity contribution >= 4 is 49.6 Å². The van der Waals surface area contributed by atoms with E-state index >= 15 is 0 Å². The Bertz CT molecular complexity index is 3020. The topological polar surface area (TPSA) is 8.17 Å². The van der Waals surface area contributed by atoms with Crippen molar-refractivity contribution in [2.45, 2.75) is 0 Å². The molecule has 0 unspecified atom stereocenters. The minimum atomic E-state index is -0.117. The highest BCUT2D eigenvalue weighted by Crippen LogP contribution is 2.40. The fourth-order valence-corrected chi connectivity index (χ4v) is 7.63. The number of para-hydroxylation sites is 1. The Morgan fingerprint density at radius 3 is 1.48 bits per heavy atom. The van der Waals surface area contributed by atoms with Gasteiger partial charge in [-0.3, -0.25) is 0 Å². The standard InChI is InChI=1S/C52H36N2/c1-3-12-37(13-4-1)39-22-29-44(30-23-39)53(45-31-24-40(25-32-45)38-14-5-2-6-15-38)46-33-26-41(27-34-46)43-28-35-52-49(36-43)48-19-9-10-20-51(48)54(52)50-21-11-17-42-16-7-8-18-47(42)50/h1-36H/i26D,27D,33D,34D. The minimum absolute atomic E-state index is 0.0973. The number of hydrogen-bond donors (Lipinski definition) is 0. The van der Waals surface area contributed by atoms with Gasteiger partial charge in [-0.15, -0.1) is 0 Å². The van der Waals surface area contributed by atoms with Gasteiger partial charge in [-0.05, 0) is 99.4 Å². The van der Waals surface area contributed by atoms with Crippen LogP contribution in [0.2, 0.25) is 0 Å².